The van der Waals surface area contributed by atoms with Crippen molar-refractivity contribution in [3.63, 3.8) is 0 Å². The van der Waals surface area contributed by atoms with Crippen LogP contribution in [-0.2, 0) is 14.4 Å². The second-order valence-corrected chi connectivity index (χ2v) is 9.56. The highest BCUT2D eigenvalue weighted by Crippen LogP contribution is 2.66. The summed E-state index contributed by atoms with van der Waals surface area (Å²) >= 11 is 0. The molecule has 4 fully saturated rings. The molecule has 0 amide bonds. The first-order chi connectivity index (χ1) is 11.7. The molecule has 0 spiro atoms. The lowest BCUT2D eigenvalue weighted by molar-refractivity contribution is -0.180. The molecular formula is C21H30O4. The summed E-state index contributed by atoms with van der Waals surface area (Å²) < 4.78 is 0. The van der Waals surface area contributed by atoms with Crippen LogP contribution >= 0.6 is 0 Å². The van der Waals surface area contributed by atoms with Crippen LogP contribution in [0.4, 0.5) is 0 Å². The SMILES string of the molecule is CC(=O)[C@H]1CC[C@H]2[C@@H]3C(=O)C[C@H]4CCCC(=O)[C@]4(C)[C@H]3C[C@@H](O)[C@]12C. The van der Waals surface area contributed by atoms with Gasteiger partial charge in [-0.05, 0) is 56.8 Å². The van der Waals surface area contributed by atoms with Gasteiger partial charge in [-0.2, -0.15) is 0 Å². The topological polar surface area (TPSA) is 71.4 Å². The largest absolute Gasteiger partial charge is 0.393 e. The summed E-state index contributed by atoms with van der Waals surface area (Å²) in [6.07, 6.45) is 4.43. The van der Waals surface area contributed by atoms with Gasteiger partial charge in [-0.3, -0.25) is 14.4 Å². The molecule has 0 unspecified atom stereocenters. The fourth-order valence-corrected chi connectivity index (χ4v) is 7.41. The number of aliphatic hydroxyl groups is 1. The Balaban J connectivity index is 1.78. The minimum atomic E-state index is -0.603. The molecule has 0 radical (unpaired) electrons. The number of carbonyl (C=O) groups excluding carboxylic acids is 3. The lowest BCUT2D eigenvalue weighted by atomic mass is 9.43. The van der Waals surface area contributed by atoms with Crippen LogP contribution in [0.3, 0.4) is 0 Å². The predicted octanol–water partition coefficient (Wildman–Crippen LogP) is 2.95. The summed E-state index contributed by atoms with van der Waals surface area (Å²) in [6.45, 7) is 5.69. The van der Waals surface area contributed by atoms with Crippen LogP contribution in [0.1, 0.15) is 65.7 Å². The van der Waals surface area contributed by atoms with Gasteiger partial charge in [0.25, 0.3) is 0 Å². The highest BCUT2D eigenvalue weighted by atomic mass is 16.3. The Hall–Kier alpha value is -1.03. The number of carbonyl (C=O) groups is 3. The lowest BCUT2D eigenvalue weighted by Crippen LogP contribution is -2.62. The fraction of sp³-hybridized carbons (Fsp3) is 0.857. The molecule has 4 saturated carbocycles. The van der Waals surface area contributed by atoms with Crippen molar-refractivity contribution in [3.05, 3.63) is 0 Å². The van der Waals surface area contributed by atoms with E-state index in [2.05, 4.69) is 6.92 Å². The molecule has 0 saturated heterocycles. The van der Waals surface area contributed by atoms with Gasteiger partial charge in [0.1, 0.15) is 17.3 Å². The summed E-state index contributed by atoms with van der Waals surface area (Å²) in [5, 5.41) is 11.1. The Labute approximate surface area is 149 Å². The number of Topliss-reactive ketones (excluding diaryl/α,β-unsaturated/α-hetero) is 3. The van der Waals surface area contributed by atoms with Crippen LogP contribution in [0.25, 0.3) is 0 Å². The monoisotopic (exact) mass is 346 g/mol. The molecule has 4 rings (SSSR count). The van der Waals surface area contributed by atoms with Crippen molar-refractivity contribution in [2.45, 2.75) is 71.8 Å². The summed E-state index contributed by atoms with van der Waals surface area (Å²) in [5.74, 6) is 0.528. The number of aliphatic hydroxyl groups excluding tert-OH is 1. The Morgan fingerprint density at radius 2 is 1.84 bits per heavy atom. The summed E-state index contributed by atoms with van der Waals surface area (Å²) in [7, 11) is 0. The first kappa shape index (κ1) is 17.4. The molecule has 4 nitrogen and oxygen atoms in total. The van der Waals surface area contributed by atoms with Crippen molar-refractivity contribution in [3.8, 4) is 0 Å². The van der Waals surface area contributed by atoms with Crippen molar-refractivity contribution in [1.29, 1.82) is 0 Å². The molecule has 4 heteroatoms. The van der Waals surface area contributed by atoms with Crippen molar-refractivity contribution < 1.29 is 19.5 Å². The second-order valence-electron chi connectivity index (χ2n) is 9.56. The first-order valence-corrected chi connectivity index (χ1v) is 9.96. The van der Waals surface area contributed by atoms with E-state index < -0.39 is 16.9 Å². The number of rotatable bonds is 1. The second kappa shape index (κ2) is 5.48. The Morgan fingerprint density at radius 1 is 1.12 bits per heavy atom. The maximum absolute atomic E-state index is 13.1. The molecule has 25 heavy (non-hydrogen) atoms. The molecule has 0 aromatic rings. The molecule has 0 bridgehead atoms. The van der Waals surface area contributed by atoms with Crippen LogP contribution in [0.5, 0.6) is 0 Å². The van der Waals surface area contributed by atoms with E-state index >= 15 is 0 Å². The van der Waals surface area contributed by atoms with Crippen LogP contribution < -0.4 is 0 Å². The maximum Gasteiger partial charge on any atom is 0.139 e. The van der Waals surface area contributed by atoms with Crippen LogP contribution in [0, 0.1) is 40.4 Å². The minimum absolute atomic E-state index is 0.0372. The van der Waals surface area contributed by atoms with E-state index in [1.54, 1.807) is 6.92 Å². The van der Waals surface area contributed by atoms with E-state index in [1.807, 2.05) is 6.92 Å². The van der Waals surface area contributed by atoms with E-state index in [9.17, 15) is 19.5 Å². The fourth-order valence-electron chi connectivity index (χ4n) is 7.41. The van der Waals surface area contributed by atoms with Crippen molar-refractivity contribution in [2.24, 2.45) is 40.4 Å². The van der Waals surface area contributed by atoms with Gasteiger partial charge in [-0.1, -0.05) is 13.8 Å². The lowest BCUT2D eigenvalue weighted by Gasteiger charge is -2.59. The molecule has 0 aliphatic heterocycles. The van der Waals surface area contributed by atoms with Gasteiger partial charge in [-0.15, -0.1) is 0 Å². The number of fused-ring (bicyclic) bond motifs is 5. The maximum atomic E-state index is 13.1. The van der Waals surface area contributed by atoms with E-state index in [0.717, 1.165) is 25.7 Å². The zero-order valence-corrected chi connectivity index (χ0v) is 15.6. The average Bonchev–Trinajstić information content (AvgIpc) is 2.90. The van der Waals surface area contributed by atoms with E-state index in [-0.39, 0.29) is 41.2 Å². The Morgan fingerprint density at radius 3 is 2.52 bits per heavy atom. The normalized spacial score (nSPS) is 52.3. The molecule has 0 aromatic heterocycles. The third-order valence-corrected chi connectivity index (χ3v) is 8.86. The first-order valence-electron chi connectivity index (χ1n) is 9.96. The predicted molar refractivity (Wildman–Crippen MR) is 92.7 cm³/mol. The third kappa shape index (κ3) is 2.06. The van der Waals surface area contributed by atoms with E-state index in [4.69, 9.17) is 0 Å². The van der Waals surface area contributed by atoms with E-state index in [1.165, 1.54) is 0 Å². The van der Waals surface area contributed by atoms with Gasteiger partial charge in [0.05, 0.1) is 6.10 Å². The molecule has 0 aromatic carbocycles. The Bertz CT molecular complexity index is 640. The molecular weight excluding hydrogens is 316 g/mol. The number of ketones is 3. The number of hydrogen-bond acceptors (Lipinski definition) is 4. The smallest absolute Gasteiger partial charge is 0.139 e. The quantitative estimate of drug-likeness (QED) is 0.792. The minimum Gasteiger partial charge on any atom is -0.393 e. The zero-order valence-electron chi connectivity index (χ0n) is 15.6. The summed E-state index contributed by atoms with van der Waals surface area (Å²) in [6, 6.07) is 0. The van der Waals surface area contributed by atoms with Crippen LogP contribution in [0.2, 0.25) is 0 Å². The summed E-state index contributed by atoms with van der Waals surface area (Å²) in [4.78, 5) is 38.2. The van der Waals surface area contributed by atoms with Gasteiger partial charge >= 0.3 is 0 Å². The van der Waals surface area contributed by atoms with Crippen LogP contribution in [-0.4, -0.2) is 28.6 Å². The molecule has 4 aliphatic rings. The summed E-state index contributed by atoms with van der Waals surface area (Å²) in [5.41, 5.74) is -0.975. The highest BCUT2D eigenvalue weighted by molar-refractivity contribution is 5.92. The van der Waals surface area contributed by atoms with Gasteiger partial charge in [-0.25, -0.2) is 0 Å². The third-order valence-electron chi connectivity index (χ3n) is 8.86. The van der Waals surface area contributed by atoms with Crippen molar-refractivity contribution in [2.75, 3.05) is 0 Å². The van der Waals surface area contributed by atoms with E-state index in [0.29, 0.717) is 25.0 Å². The number of hydrogen-bond donors (Lipinski definition) is 1. The van der Waals surface area contributed by atoms with Gasteiger partial charge < -0.3 is 5.11 Å². The molecule has 1 N–H and O–H groups in total. The molecule has 0 heterocycles. The molecule has 4 aliphatic carbocycles. The van der Waals surface area contributed by atoms with Gasteiger partial charge in [0.2, 0.25) is 0 Å². The van der Waals surface area contributed by atoms with Gasteiger partial charge in [0.15, 0.2) is 0 Å². The zero-order chi connectivity index (χ0) is 18.1. The highest BCUT2D eigenvalue weighted by Gasteiger charge is 2.67. The van der Waals surface area contributed by atoms with Crippen molar-refractivity contribution in [1.82, 2.24) is 0 Å². The standard InChI is InChI=1S/C21H30O4/c1-11(22)13-7-8-14-19-15(10-18(25)21(13,14)3)20(2)12(9-16(19)23)5-4-6-17(20)24/h12-15,18-19,25H,4-10H2,1-3H3/t12-,13-,14+,15+,18-,19+,20+,21-/m1/s1. The van der Waals surface area contributed by atoms with Crippen molar-refractivity contribution >= 4 is 17.3 Å². The van der Waals surface area contributed by atoms with Gasteiger partial charge in [0, 0.05) is 35.5 Å². The van der Waals surface area contributed by atoms with Crippen LogP contribution in [0.15, 0.2) is 0 Å². The molecule has 8 atom stereocenters. The Kier molecular flexibility index (Phi) is 3.81. The molecule has 138 valence electrons. The average molecular weight is 346 g/mol.